The number of unbranched alkanes of at least 4 members (excludes halogenated alkanes) is 2. The third-order valence-electron chi connectivity index (χ3n) is 2.21. The summed E-state index contributed by atoms with van der Waals surface area (Å²) in [5, 5.41) is 0. The smallest absolute Gasteiger partial charge is 0.0302 e. The molecule has 0 amide bonds. The highest BCUT2D eigenvalue weighted by atomic mass is 14.2. The van der Waals surface area contributed by atoms with E-state index in [1.165, 1.54) is 19.3 Å². The van der Waals surface area contributed by atoms with Gasteiger partial charge in [0.2, 0.25) is 0 Å². The SMILES string of the molecule is C=CCCCCC(C)(C)CC=C. The molecule has 0 aromatic rings. The van der Waals surface area contributed by atoms with E-state index in [-0.39, 0.29) is 0 Å². The molecule has 70 valence electrons. The Kier molecular flexibility index (Phi) is 5.79. The topological polar surface area (TPSA) is 0 Å². The van der Waals surface area contributed by atoms with Crippen molar-refractivity contribution in [2.75, 3.05) is 0 Å². The molecule has 0 saturated carbocycles. The fourth-order valence-corrected chi connectivity index (χ4v) is 1.39. The van der Waals surface area contributed by atoms with Crippen molar-refractivity contribution in [3.05, 3.63) is 25.3 Å². The molecule has 0 radical (unpaired) electrons. The van der Waals surface area contributed by atoms with Gasteiger partial charge in [-0.3, -0.25) is 0 Å². The Hall–Kier alpha value is -0.520. The van der Waals surface area contributed by atoms with Crippen LogP contribution in [0, 0.1) is 5.41 Å². The van der Waals surface area contributed by atoms with Crippen LogP contribution >= 0.6 is 0 Å². The summed E-state index contributed by atoms with van der Waals surface area (Å²) in [6, 6.07) is 0. The molecule has 0 rings (SSSR count). The van der Waals surface area contributed by atoms with Crippen LogP contribution in [0.3, 0.4) is 0 Å². The highest BCUT2D eigenvalue weighted by Gasteiger charge is 2.14. The summed E-state index contributed by atoms with van der Waals surface area (Å²) in [6.07, 6.45) is 10.2. The summed E-state index contributed by atoms with van der Waals surface area (Å²) in [5.41, 5.74) is 0.447. The van der Waals surface area contributed by atoms with Crippen molar-refractivity contribution in [3.8, 4) is 0 Å². The van der Waals surface area contributed by atoms with E-state index in [9.17, 15) is 0 Å². The lowest BCUT2D eigenvalue weighted by Crippen LogP contribution is -2.09. The number of allylic oxidation sites excluding steroid dienone is 2. The number of hydrogen-bond acceptors (Lipinski definition) is 0. The molecule has 0 heterocycles. The van der Waals surface area contributed by atoms with E-state index in [4.69, 9.17) is 0 Å². The van der Waals surface area contributed by atoms with E-state index in [2.05, 4.69) is 27.0 Å². The molecule has 0 N–H and O–H groups in total. The van der Waals surface area contributed by atoms with Crippen LogP contribution < -0.4 is 0 Å². The van der Waals surface area contributed by atoms with Gasteiger partial charge in [-0.15, -0.1) is 13.2 Å². The predicted molar refractivity (Wildman–Crippen MR) is 57.3 cm³/mol. The normalized spacial score (nSPS) is 11.2. The first kappa shape index (κ1) is 11.5. The van der Waals surface area contributed by atoms with Crippen LogP contribution in [0.5, 0.6) is 0 Å². The van der Waals surface area contributed by atoms with Gasteiger partial charge >= 0.3 is 0 Å². The van der Waals surface area contributed by atoms with Gasteiger partial charge in [-0.1, -0.05) is 32.4 Å². The number of rotatable bonds is 7. The van der Waals surface area contributed by atoms with Gasteiger partial charge in [0.15, 0.2) is 0 Å². The molecule has 0 saturated heterocycles. The Morgan fingerprint density at radius 1 is 1.08 bits per heavy atom. The van der Waals surface area contributed by atoms with E-state index < -0.39 is 0 Å². The Balaban J connectivity index is 3.45. The van der Waals surface area contributed by atoms with Gasteiger partial charge in [0, 0.05) is 0 Å². The van der Waals surface area contributed by atoms with Crippen molar-refractivity contribution in [1.82, 2.24) is 0 Å². The molecule has 0 aromatic carbocycles. The molecule has 0 spiro atoms. The molecule has 0 aliphatic rings. The van der Waals surface area contributed by atoms with Gasteiger partial charge < -0.3 is 0 Å². The minimum Gasteiger partial charge on any atom is -0.103 e. The first-order chi connectivity index (χ1) is 5.62. The summed E-state index contributed by atoms with van der Waals surface area (Å²) >= 11 is 0. The van der Waals surface area contributed by atoms with Crippen molar-refractivity contribution >= 4 is 0 Å². The predicted octanol–water partition coefficient (Wildman–Crippen LogP) is 4.34. The summed E-state index contributed by atoms with van der Waals surface area (Å²) in [6.45, 7) is 12.1. The molecule has 0 bridgehead atoms. The van der Waals surface area contributed by atoms with Gasteiger partial charge in [0.25, 0.3) is 0 Å². The molecule has 0 atom stereocenters. The fraction of sp³-hybridized carbons (Fsp3) is 0.667. The molecule has 0 aliphatic carbocycles. The maximum Gasteiger partial charge on any atom is -0.0302 e. The molecule has 0 nitrogen and oxygen atoms in total. The first-order valence-corrected chi connectivity index (χ1v) is 4.84. The molecule has 12 heavy (non-hydrogen) atoms. The Bertz CT molecular complexity index is 131. The minimum atomic E-state index is 0.447. The average Bonchev–Trinajstić information content (AvgIpc) is 1.98. The zero-order valence-electron chi connectivity index (χ0n) is 8.60. The van der Waals surface area contributed by atoms with Crippen LogP contribution in [-0.4, -0.2) is 0 Å². The Labute approximate surface area is 77.4 Å². The molecular weight excluding hydrogens is 144 g/mol. The second-order valence-electron chi connectivity index (χ2n) is 4.19. The minimum absolute atomic E-state index is 0.447. The Morgan fingerprint density at radius 3 is 2.25 bits per heavy atom. The zero-order chi connectivity index (χ0) is 9.45. The molecule has 0 fully saturated rings. The van der Waals surface area contributed by atoms with Gasteiger partial charge in [0.1, 0.15) is 0 Å². The van der Waals surface area contributed by atoms with Gasteiger partial charge in [0.05, 0.1) is 0 Å². The van der Waals surface area contributed by atoms with Crippen molar-refractivity contribution in [1.29, 1.82) is 0 Å². The maximum atomic E-state index is 3.77. The Morgan fingerprint density at radius 2 is 1.75 bits per heavy atom. The lowest BCUT2D eigenvalue weighted by Gasteiger charge is -2.22. The molecule has 0 aliphatic heterocycles. The van der Waals surface area contributed by atoms with Crippen molar-refractivity contribution in [3.63, 3.8) is 0 Å². The molecular formula is C12H22. The van der Waals surface area contributed by atoms with Gasteiger partial charge in [-0.2, -0.15) is 0 Å². The molecule has 0 heteroatoms. The van der Waals surface area contributed by atoms with Crippen molar-refractivity contribution in [2.24, 2.45) is 5.41 Å². The van der Waals surface area contributed by atoms with Crippen LogP contribution in [0.25, 0.3) is 0 Å². The van der Waals surface area contributed by atoms with E-state index in [1.54, 1.807) is 0 Å². The first-order valence-electron chi connectivity index (χ1n) is 4.84. The lowest BCUT2D eigenvalue weighted by atomic mass is 9.84. The van der Waals surface area contributed by atoms with Gasteiger partial charge in [-0.05, 0) is 31.1 Å². The largest absolute Gasteiger partial charge is 0.103 e. The summed E-state index contributed by atoms with van der Waals surface area (Å²) < 4.78 is 0. The second-order valence-corrected chi connectivity index (χ2v) is 4.19. The van der Waals surface area contributed by atoms with Crippen LogP contribution in [0.15, 0.2) is 25.3 Å². The summed E-state index contributed by atoms with van der Waals surface area (Å²) in [4.78, 5) is 0. The highest BCUT2D eigenvalue weighted by Crippen LogP contribution is 2.27. The van der Waals surface area contributed by atoms with E-state index in [1.807, 2.05) is 12.2 Å². The standard InChI is InChI=1S/C12H22/c1-5-7-8-9-11-12(3,4)10-6-2/h5-6H,1-2,7-11H2,3-4H3. The van der Waals surface area contributed by atoms with E-state index in [0.29, 0.717) is 5.41 Å². The van der Waals surface area contributed by atoms with E-state index >= 15 is 0 Å². The zero-order valence-corrected chi connectivity index (χ0v) is 8.60. The number of hydrogen-bond donors (Lipinski definition) is 0. The van der Waals surface area contributed by atoms with Crippen LogP contribution in [-0.2, 0) is 0 Å². The second kappa shape index (κ2) is 6.05. The van der Waals surface area contributed by atoms with Crippen molar-refractivity contribution in [2.45, 2.75) is 46.0 Å². The maximum absolute atomic E-state index is 3.77. The van der Waals surface area contributed by atoms with Gasteiger partial charge in [-0.25, -0.2) is 0 Å². The van der Waals surface area contributed by atoms with Crippen LogP contribution in [0.2, 0.25) is 0 Å². The summed E-state index contributed by atoms with van der Waals surface area (Å²) in [5.74, 6) is 0. The van der Waals surface area contributed by atoms with Crippen molar-refractivity contribution < 1.29 is 0 Å². The molecule has 0 aromatic heterocycles. The highest BCUT2D eigenvalue weighted by molar-refractivity contribution is 4.79. The fourth-order valence-electron chi connectivity index (χ4n) is 1.39. The third kappa shape index (κ3) is 6.21. The monoisotopic (exact) mass is 166 g/mol. The van der Waals surface area contributed by atoms with Crippen LogP contribution in [0.4, 0.5) is 0 Å². The van der Waals surface area contributed by atoms with Crippen LogP contribution in [0.1, 0.15) is 46.0 Å². The quantitative estimate of drug-likeness (QED) is 0.390. The molecule has 0 unspecified atom stereocenters. The third-order valence-corrected chi connectivity index (χ3v) is 2.21. The lowest BCUT2D eigenvalue weighted by molar-refractivity contribution is 0.326. The summed E-state index contributed by atoms with van der Waals surface area (Å²) in [7, 11) is 0. The van der Waals surface area contributed by atoms with E-state index in [0.717, 1.165) is 12.8 Å². The average molecular weight is 166 g/mol.